The van der Waals surface area contributed by atoms with E-state index in [0.717, 1.165) is 5.56 Å². The number of nitrogens with zero attached hydrogens (tertiary/aromatic N) is 2. The molecule has 5 nitrogen and oxygen atoms in total. The second-order valence-electron chi connectivity index (χ2n) is 6.05. The van der Waals surface area contributed by atoms with E-state index in [0.29, 0.717) is 25.9 Å². The summed E-state index contributed by atoms with van der Waals surface area (Å²) in [5.74, 6) is 0.127. The molecule has 0 saturated carbocycles. The van der Waals surface area contributed by atoms with Gasteiger partial charge in [0.25, 0.3) is 0 Å². The summed E-state index contributed by atoms with van der Waals surface area (Å²) in [6.07, 6.45) is 1.01. The van der Waals surface area contributed by atoms with Crippen molar-refractivity contribution in [2.24, 2.45) is 0 Å². The monoisotopic (exact) mass is 286 g/mol. The normalized spacial score (nSPS) is 34.2. The largest absolute Gasteiger partial charge is 0.343 e. The van der Waals surface area contributed by atoms with Gasteiger partial charge in [0.05, 0.1) is 19.0 Å². The van der Waals surface area contributed by atoms with Gasteiger partial charge in [-0.25, -0.2) is 0 Å². The van der Waals surface area contributed by atoms with E-state index in [1.165, 1.54) is 0 Å². The highest BCUT2D eigenvalue weighted by molar-refractivity contribution is 5.84. The summed E-state index contributed by atoms with van der Waals surface area (Å²) in [4.78, 5) is 27.7. The van der Waals surface area contributed by atoms with Crippen molar-refractivity contribution >= 4 is 11.8 Å². The molecule has 1 aromatic rings. The molecule has 1 aromatic carbocycles. The lowest BCUT2D eigenvalue weighted by Crippen LogP contribution is -2.48. The van der Waals surface area contributed by atoms with E-state index < -0.39 is 5.72 Å². The summed E-state index contributed by atoms with van der Waals surface area (Å²) >= 11 is 0. The average Bonchev–Trinajstić information content (AvgIpc) is 3.09. The van der Waals surface area contributed by atoms with Crippen molar-refractivity contribution < 1.29 is 14.3 Å². The lowest BCUT2D eigenvalue weighted by Gasteiger charge is -2.31. The van der Waals surface area contributed by atoms with Crippen LogP contribution in [0, 0.1) is 0 Å². The fraction of sp³-hybridized carbons (Fsp3) is 0.500. The first-order valence-electron chi connectivity index (χ1n) is 7.42. The number of likely N-dealkylation sites (tertiary alicyclic amines) is 1. The van der Waals surface area contributed by atoms with Crippen LogP contribution < -0.4 is 0 Å². The molecule has 0 aromatic heterocycles. The van der Waals surface area contributed by atoms with Gasteiger partial charge in [0, 0.05) is 19.9 Å². The number of amides is 2. The van der Waals surface area contributed by atoms with Crippen LogP contribution in [-0.4, -0.2) is 46.5 Å². The lowest BCUT2D eigenvalue weighted by molar-refractivity contribution is -0.142. The quantitative estimate of drug-likeness (QED) is 0.782. The molecule has 2 amide bonds. The number of carbonyl (C=O) groups is 2. The van der Waals surface area contributed by atoms with Gasteiger partial charge in [-0.2, -0.15) is 0 Å². The number of hydrogen-bond acceptors (Lipinski definition) is 3. The van der Waals surface area contributed by atoms with E-state index >= 15 is 0 Å². The molecule has 3 fully saturated rings. The van der Waals surface area contributed by atoms with Crippen molar-refractivity contribution in [2.45, 2.75) is 37.6 Å². The summed E-state index contributed by atoms with van der Waals surface area (Å²) < 4.78 is 6.35. The van der Waals surface area contributed by atoms with Crippen LogP contribution in [-0.2, 0) is 14.3 Å². The van der Waals surface area contributed by atoms with Crippen molar-refractivity contribution in [1.82, 2.24) is 9.80 Å². The molecule has 1 spiro atoms. The number of hydrogen-bond donors (Lipinski definition) is 0. The Morgan fingerprint density at radius 2 is 2.10 bits per heavy atom. The molecule has 110 valence electrons. The van der Waals surface area contributed by atoms with Crippen LogP contribution in [0.15, 0.2) is 30.3 Å². The van der Waals surface area contributed by atoms with Gasteiger partial charge in [-0.3, -0.25) is 9.59 Å². The minimum Gasteiger partial charge on any atom is -0.343 e. The Hall–Kier alpha value is -1.88. The van der Waals surface area contributed by atoms with Crippen LogP contribution in [0.5, 0.6) is 0 Å². The second kappa shape index (κ2) is 4.31. The predicted molar refractivity (Wildman–Crippen MR) is 75.1 cm³/mol. The summed E-state index contributed by atoms with van der Waals surface area (Å²) in [5, 5.41) is 0. The van der Waals surface area contributed by atoms with E-state index in [-0.39, 0.29) is 24.0 Å². The van der Waals surface area contributed by atoms with Crippen molar-refractivity contribution in [3.63, 3.8) is 0 Å². The highest BCUT2D eigenvalue weighted by Gasteiger charge is 2.64. The molecule has 0 aliphatic carbocycles. The summed E-state index contributed by atoms with van der Waals surface area (Å²) in [5.41, 5.74) is 0.498. The van der Waals surface area contributed by atoms with Gasteiger partial charge >= 0.3 is 0 Å². The first-order valence-corrected chi connectivity index (χ1v) is 7.42. The van der Waals surface area contributed by atoms with Gasteiger partial charge in [0.2, 0.25) is 11.8 Å². The molecule has 3 aliphatic heterocycles. The lowest BCUT2D eigenvalue weighted by atomic mass is 10.1. The maximum absolute atomic E-state index is 12.3. The molecule has 3 saturated heterocycles. The molecule has 3 aliphatic rings. The zero-order valence-corrected chi connectivity index (χ0v) is 12.0. The van der Waals surface area contributed by atoms with Crippen LogP contribution in [0.4, 0.5) is 0 Å². The van der Waals surface area contributed by atoms with Crippen LogP contribution in [0.2, 0.25) is 0 Å². The van der Waals surface area contributed by atoms with E-state index in [4.69, 9.17) is 4.74 Å². The Bertz CT molecular complexity index is 603. The van der Waals surface area contributed by atoms with Gasteiger partial charge in [0.15, 0.2) is 5.72 Å². The van der Waals surface area contributed by atoms with Crippen molar-refractivity contribution in [3.05, 3.63) is 35.9 Å². The molecule has 3 atom stereocenters. The second-order valence-corrected chi connectivity index (χ2v) is 6.05. The van der Waals surface area contributed by atoms with Gasteiger partial charge in [-0.1, -0.05) is 30.3 Å². The molecule has 0 unspecified atom stereocenters. The topological polar surface area (TPSA) is 49.9 Å². The zero-order valence-electron chi connectivity index (χ0n) is 12.0. The van der Waals surface area contributed by atoms with Gasteiger partial charge < -0.3 is 14.5 Å². The average molecular weight is 286 g/mol. The van der Waals surface area contributed by atoms with E-state index in [9.17, 15) is 9.59 Å². The summed E-state index contributed by atoms with van der Waals surface area (Å²) in [7, 11) is 0. The fourth-order valence-corrected chi connectivity index (χ4v) is 4.04. The fourth-order valence-electron chi connectivity index (χ4n) is 4.04. The third kappa shape index (κ3) is 1.67. The first kappa shape index (κ1) is 12.8. The Morgan fingerprint density at radius 1 is 1.33 bits per heavy atom. The van der Waals surface area contributed by atoms with E-state index in [2.05, 4.69) is 0 Å². The minimum atomic E-state index is -0.594. The highest BCUT2D eigenvalue weighted by atomic mass is 16.5. The Kier molecular flexibility index (Phi) is 2.63. The molecule has 0 radical (unpaired) electrons. The summed E-state index contributed by atoms with van der Waals surface area (Å²) in [6, 6.07) is 9.86. The molecule has 21 heavy (non-hydrogen) atoms. The van der Waals surface area contributed by atoms with Gasteiger partial charge in [0.1, 0.15) is 6.10 Å². The number of benzene rings is 1. The van der Waals surface area contributed by atoms with Gasteiger partial charge in [-0.05, 0) is 5.56 Å². The first-order chi connectivity index (χ1) is 10.1. The van der Waals surface area contributed by atoms with Crippen LogP contribution in [0.1, 0.15) is 31.4 Å². The van der Waals surface area contributed by atoms with E-state index in [1.807, 2.05) is 35.2 Å². The van der Waals surface area contributed by atoms with Crippen molar-refractivity contribution in [1.29, 1.82) is 0 Å². The van der Waals surface area contributed by atoms with Crippen LogP contribution >= 0.6 is 0 Å². The summed E-state index contributed by atoms with van der Waals surface area (Å²) in [6.45, 7) is 2.83. The number of ether oxygens (including phenoxy) is 1. The van der Waals surface area contributed by atoms with Crippen LogP contribution in [0.3, 0.4) is 0 Å². The number of rotatable bonds is 1. The minimum absolute atomic E-state index is 0.0262. The van der Waals surface area contributed by atoms with Crippen molar-refractivity contribution in [3.8, 4) is 0 Å². The maximum Gasteiger partial charge on any atom is 0.227 e. The zero-order chi connectivity index (χ0) is 14.6. The maximum atomic E-state index is 12.3. The number of carbonyl (C=O) groups excluding carboxylic acids is 2. The third-order valence-electron chi connectivity index (χ3n) is 5.00. The molecule has 0 N–H and O–H groups in total. The Balaban J connectivity index is 1.67. The Morgan fingerprint density at radius 3 is 2.81 bits per heavy atom. The van der Waals surface area contributed by atoms with E-state index in [1.54, 1.807) is 11.8 Å². The highest BCUT2D eigenvalue weighted by Crippen LogP contribution is 2.50. The smallest absolute Gasteiger partial charge is 0.227 e. The Labute approximate surface area is 123 Å². The molecular weight excluding hydrogens is 268 g/mol. The predicted octanol–water partition coefficient (Wildman–Crippen LogP) is 1.31. The standard InChI is InChI=1S/C16H18N2O3/c1-11(19)17-8-7-16-14(17)9-15(20)18(16)10-13(21-16)12-5-3-2-4-6-12/h2-6,13-14H,7-10H2,1H3/t13-,14+,16-/m0/s1. The molecule has 4 rings (SSSR count). The van der Waals surface area contributed by atoms with Crippen molar-refractivity contribution in [2.75, 3.05) is 13.1 Å². The molecule has 0 bridgehead atoms. The van der Waals surface area contributed by atoms with Crippen LogP contribution in [0.25, 0.3) is 0 Å². The van der Waals surface area contributed by atoms with Gasteiger partial charge in [-0.15, -0.1) is 0 Å². The third-order valence-corrected chi connectivity index (χ3v) is 5.00. The SMILES string of the molecule is CC(=O)N1CC[C@@]23O[C@H](c4ccccc4)CN2C(=O)C[C@@H]13. The molecular formula is C16H18N2O3. The molecule has 5 heteroatoms. The molecule has 3 heterocycles.